The van der Waals surface area contributed by atoms with E-state index in [9.17, 15) is 14.4 Å². The second kappa shape index (κ2) is 7.99. The Kier molecular flexibility index (Phi) is 5.19. The number of allylic oxidation sites excluding steroid dienone is 2. The Morgan fingerprint density at radius 3 is 2.03 bits per heavy atom. The highest BCUT2D eigenvalue weighted by Crippen LogP contribution is 2.49. The Balaban J connectivity index is 1.12. The zero-order valence-corrected chi connectivity index (χ0v) is 17.3. The molecule has 4 atom stereocenters. The number of likely N-dealkylation sites (tertiary alicyclic amines) is 1. The molecule has 6 nitrogen and oxygen atoms in total. The fraction of sp³-hybridized carbons (Fsp3) is 0.542. The lowest BCUT2D eigenvalue weighted by molar-refractivity contribution is -0.141. The number of fused-ring (bicyclic) bond motifs is 1. The van der Waals surface area contributed by atoms with Gasteiger partial charge in [0.2, 0.25) is 17.7 Å². The lowest BCUT2D eigenvalue weighted by atomic mass is 9.63. The molecule has 0 radical (unpaired) electrons. The third-order valence-electron chi connectivity index (χ3n) is 7.37. The van der Waals surface area contributed by atoms with Gasteiger partial charge in [0.05, 0.1) is 11.8 Å². The summed E-state index contributed by atoms with van der Waals surface area (Å²) in [5, 5.41) is 0. The standard InChI is InChI=1S/C24H29N3O3/c28-20(26-14-12-25(13-15-26)16-17-4-2-1-3-5-17)10-11-27-23(29)21-18-6-7-19(9-8-18)22(21)24(27)30/h1-7,18-19,21-22H,8-16H2/t18-,19-,21-,22+/m0/s1. The summed E-state index contributed by atoms with van der Waals surface area (Å²) in [6.45, 7) is 4.23. The molecule has 2 aliphatic heterocycles. The Morgan fingerprint density at radius 1 is 0.867 bits per heavy atom. The fourth-order valence-electron chi connectivity index (χ4n) is 5.72. The van der Waals surface area contributed by atoms with E-state index in [1.807, 2.05) is 23.1 Å². The second-order valence-electron chi connectivity index (χ2n) is 9.06. The molecule has 0 spiro atoms. The van der Waals surface area contributed by atoms with Crippen molar-refractivity contribution in [3.05, 3.63) is 48.0 Å². The molecular formula is C24H29N3O3. The molecule has 30 heavy (non-hydrogen) atoms. The lowest BCUT2D eigenvalue weighted by Crippen LogP contribution is -2.49. The zero-order chi connectivity index (χ0) is 20.7. The fourth-order valence-corrected chi connectivity index (χ4v) is 5.72. The number of nitrogens with zero attached hydrogens (tertiary/aromatic N) is 3. The smallest absolute Gasteiger partial charge is 0.233 e. The van der Waals surface area contributed by atoms with Gasteiger partial charge in [-0.1, -0.05) is 42.5 Å². The highest BCUT2D eigenvalue weighted by molar-refractivity contribution is 6.06. The van der Waals surface area contributed by atoms with Gasteiger partial charge in [-0.05, 0) is 30.2 Å². The number of hydrogen-bond acceptors (Lipinski definition) is 4. The van der Waals surface area contributed by atoms with E-state index in [-0.39, 0.29) is 54.4 Å². The lowest BCUT2D eigenvalue weighted by Gasteiger charge is -2.38. The van der Waals surface area contributed by atoms with Gasteiger partial charge in [0.1, 0.15) is 0 Å². The minimum atomic E-state index is -0.183. The quantitative estimate of drug-likeness (QED) is 0.553. The molecule has 2 heterocycles. The van der Waals surface area contributed by atoms with E-state index in [1.54, 1.807) is 0 Å². The number of carbonyl (C=O) groups is 3. The van der Waals surface area contributed by atoms with E-state index < -0.39 is 0 Å². The van der Waals surface area contributed by atoms with Gasteiger partial charge < -0.3 is 4.90 Å². The van der Waals surface area contributed by atoms with Crippen LogP contribution in [-0.2, 0) is 20.9 Å². The number of hydrogen-bond donors (Lipinski definition) is 0. The Morgan fingerprint density at radius 2 is 1.47 bits per heavy atom. The summed E-state index contributed by atoms with van der Waals surface area (Å²) in [6, 6.07) is 10.4. The molecule has 6 rings (SSSR count). The van der Waals surface area contributed by atoms with Crippen LogP contribution in [-0.4, -0.2) is 65.1 Å². The highest BCUT2D eigenvalue weighted by atomic mass is 16.2. The summed E-state index contributed by atoms with van der Waals surface area (Å²) in [6.07, 6.45) is 6.50. The highest BCUT2D eigenvalue weighted by Gasteiger charge is 2.56. The summed E-state index contributed by atoms with van der Waals surface area (Å²) >= 11 is 0. The topological polar surface area (TPSA) is 60.9 Å². The molecule has 3 aliphatic carbocycles. The van der Waals surface area contributed by atoms with E-state index in [0.717, 1.165) is 32.5 Å². The van der Waals surface area contributed by atoms with Gasteiger partial charge in [-0.25, -0.2) is 0 Å². The van der Waals surface area contributed by atoms with Gasteiger partial charge in [0.15, 0.2) is 0 Å². The molecule has 3 amide bonds. The number of imide groups is 1. The average molecular weight is 408 g/mol. The van der Waals surface area contributed by atoms with E-state index in [1.165, 1.54) is 10.5 Å². The SMILES string of the molecule is O=C(CCN1C(=O)[C@@H]2[C@H](C1=O)[C@H]1C=C[C@H]2CC1)N1CCN(Cc2ccccc2)CC1. The summed E-state index contributed by atoms with van der Waals surface area (Å²) in [7, 11) is 0. The molecule has 2 bridgehead atoms. The third-order valence-corrected chi connectivity index (χ3v) is 7.37. The monoisotopic (exact) mass is 407 g/mol. The summed E-state index contributed by atoms with van der Waals surface area (Å²) in [4.78, 5) is 44.1. The van der Waals surface area contributed by atoms with Crippen molar-refractivity contribution in [3.8, 4) is 0 Å². The van der Waals surface area contributed by atoms with Crippen molar-refractivity contribution in [1.82, 2.24) is 14.7 Å². The minimum absolute atomic E-state index is 0.0472. The van der Waals surface area contributed by atoms with Crippen LogP contribution in [0.3, 0.4) is 0 Å². The molecule has 0 aromatic heterocycles. The maximum Gasteiger partial charge on any atom is 0.233 e. The maximum atomic E-state index is 12.9. The van der Waals surface area contributed by atoms with Gasteiger partial charge >= 0.3 is 0 Å². The number of benzene rings is 1. The van der Waals surface area contributed by atoms with E-state index in [0.29, 0.717) is 13.1 Å². The zero-order valence-electron chi connectivity index (χ0n) is 17.3. The van der Waals surface area contributed by atoms with Gasteiger partial charge in [0.25, 0.3) is 0 Å². The summed E-state index contributed by atoms with van der Waals surface area (Å²) < 4.78 is 0. The Bertz CT molecular complexity index is 828. The van der Waals surface area contributed by atoms with Gasteiger partial charge in [-0.3, -0.25) is 24.2 Å². The predicted molar refractivity (Wildman–Crippen MR) is 112 cm³/mol. The molecular weight excluding hydrogens is 378 g/mol. The summed E-state index contributed by atoms with van der Waals surface area (Å²) in [5.74, 6) is -0.0135. The van der Waals surface area contributed by atoms with Crippen LogP contribution in [0.1, 0.15) is 24.8 Å². The molecule has 2 saturated heterocycles. The van der Waals surface area contributed by atoms with Crippen molar-refractivity contribution >= 4 is 17.7 Å². The van der Waals surface area contributed by atoms with Crippen molar-refractivity contribution in [2.75, 3.05) is 32.7 Å². The first-order valence-corrected chi connectivity index (χ1v) is 11.2. The Hall–Kier alpha value is -2.47. The van der Waals surface area contributed by atoms with Crippen LogP contribution >= 0.6 is 0 Å². The van der Waals surface area contributed by atoms with Gasteiger partial charge in [0, 0.05) is 45.7 Å². The van der Waals surface area contributed by atoms with Crippen molar-refractivity contribution in [3.63, 3.8) is 0 Å². The molecule has 0 N–H and O–H groups in total. The number of amides is 3. The predicted octanol–water partition coefficient (Wildman–Crippen LogP) is 1.92. The van der Waals surface area contributed by atoms with Crippen LogP contribution in [0.2, 0.25) is 0 Å². The molecule has 1 aromatic carbocycles. The first-order chi connectivity index (χ1) is 14.6. The van der Waals surface area contributed by atoms with Crippen molar-refractivity contribution < 1.29 is 14.4 Å². The number of carbonyl (C=O) groups excluding carboxylic acids is 3. The molecule has 1 aromatic rings. The second-order valence-corrected chi connectivity index (χ2v) is 9.06. The van der Waals surface area contributed by atoms with Crippen molar-refractivity contribution in [1.29, 1.82) is 0 Å². The molecule has 3 fully saturated rings. The maximum absolute atomic E-state index is 12.9. The minimum Gasteiger partial charge on any atom is -0.340 e. The van der Waals surface area contributed by atoms with Crippen LogP contribution in [0.25, 0.3) is 0 Å². The van der Waals surface area contributed by atoms with Crippen LogP contribution in [0, 0.1) is 23.7 Å². The molecule has 1 saturated carbocycles. The number of piperazine rings is 1. The molecule has 6 heteroatoms. The number of rotatable bonds is 5. The Labute approximate surface area is 177 Å². The summed E-state index contributed by atoms with van der Waals surface area (Å²) in [5.41, 5.74) is 1.29. The third kappa shape index (κ3) is 3.47. The first kappa shape index (κ1) is 19.5. The van der Waals surface area contributed by atoms with E-state index in [2.05, 4.69) is 29.2 Å². The largest absolute Gasteiger partial charge is 0.340 e. The van der Waals surface area contributed by atoms with Crippen LogP contribution in [0.15, 0.2) is 42.5 Å². The van der Waals surface area contributed by atoms with Crippen molar-refractivity contribution in [2.24, 2.45) is 23.7 Å². The molecule has 0 unspecified atom stereocenters. The average Bonchev–Trinajstić information content (AvgIpc) is 3.06. The van der Waals surface area contributed by atoms with Crippen molar-refractivity contribution in [2.45, 2.75) is 25.8 Å². The van der Waals surface area contributed by atoms with E-state index >= 15 is 0 Å². The first-order valence-electron chi connectivity index (χ1n) is 11.2. The van der Waals surface area contributed by atoms with Crippen LogP contribution in [0.5, 0.6) is 0 Å². The van der Waals surface area contributed by atoms with Gasteiger partial charge in [-0.2, -0.15) is 0 Å². The normalized spacial score (nSPS) is 30.8. The van der Waals surface area contributed by atoms with Crippen LogP contribution < -0.4 is 0 Å². The van der Waals surface area contributed by atoms with E-state index in [4.69, 9.17) is 0 Å². The van der Waals surface area contributed by atoms with Crippen LogP contribution in [0.4, 0.5) is 0 Å². The van der Waals surface area contributed by atoms with Gasteiger partial charge in [-0.15, -0.1) is 0 Å². The molecule has 5 aliphatic rings. The molecule has 158 valence electrons.